The van der Waals surface area contributed by atoms with Crippen LogP contribution in [0.1, 0.15) is 32.7 Å². The third-order valence-corrected chi connectivity index (χ3v) is 6.68. The Kier molecular flexibility index (Phi) is 7.38. The zero-order chi connectivity index (χ0) is 24.2. The summed E-state index contributed by atoms with van der Waals surface area (Å²) >= 11 is 7.25. The van der Waals surface area contributed by atoms with Gasteiger partial charge in [0.05, 0.1) is 10.2 Å². The van der Waals surface area contributed by atoms with Gasteiger partial charge in [-0.15, -0.1) is 11.3 Å². The van der Waals surface area contributed by atoms with Gasteiger partial charge >= 0.3 is 0 Å². The topological polar surface area (TPSA) is 100 Å². The molecular weight excluding hydrogens is 474 g/mol. The maximum absolute atomic E-state index is 13.1. The van der Waals surface area contributed by atoms with Crippen LogP contribution in [-0.4, -0.2) is 44.0 Å². The summed E-state index contributed by atoms with van der Waals surface area (Å²) in [6.07, 6.45) is 3.94. The predicted octanol–water partition coefficient (Wildman–Crippen LogP) is 3.14. The molecule has 0 aliphatic heterocycles. The lowest BCUT2D eigenvalue weighted by Crippen LogP contribution is -2.29. The van der Waals surface area contributed by atoms with Crippen LogP contribution in [0.4, 0.5) is 0 Å². The summed E-state index contributed by atoms with van der Waals surface area (Å²) in [5.41, 5.74) is 1.46. The van der Waals surface area contributed by atoms with Gasteiger partial charge in [0.15, 0.2) is 5.82 Å². The minimum absolute atomic E-state index is 0.0994. The Labute approximate surface area is 205 Å². The molecule has 0 fully saturated rings. The molecule has 0 radical (unpaired) electrons. The second-order valence-corrected chi connectivity index (χ2v) is 9.61. The van der Waals surface area contributed by atoms with Gasteiger partial charge in [-0.05, 0) is 36.9 Å². The largest absolute Gasteiger partial charge is 0.384 e. The number of hydrogen-bond donors (Lipinski definition) is 2. The molecule has 2 N–H and O–H groups in total. The number of carbonyl (C=O) groups is 1. The number of nitrogens with zero attached hydrogens (tertiary/aromatic N) is 4. The molecule has 3 aromatic heterocycles. The fourth-order valence-electron chi connectivity index (χ4n) is 3.61. The molecule has 0 aliphatic carbocycles. The number of carbonyl (C=O) groups excluding carboxylic acids is 1. The van der Waals surface area contributed by atoms with Gasteiger partial charge in [-0.2, -0.15) is 0 Å². The van der Waals surface area contributed by atoms with Gasteiger partial charge in [-0.1, -0.05) is 23.7 Å². The van der Waals surface area contributed by atoms with Crippen LogP contribution in [0.2, 0.25) is 5.02 Å². The van der Waals surface area contributed by atoms with E-state index in [0.717, 1.165) is 16.0 Å². The van der Waals surface area contributed by atoms with Crippen molar-refractivity contribution in [2.45, 2.75) is 19.2 Å². The number of nitrogens with one attached hydrogen (secondary N) is 1. The number of fused-ring (bicyclic) bond motifs is 1. The Morgan fingerprint density at radius 2 is 1.97 bits per heavy atom. The van der Waals surface area contributed by atoms with E-state index in [1.807, 2.05) is 37.2 Å². The van der Waals surface area contributed by atoms with Crippen molar-refractivity contribution in [2.24, 2.45) is 7.05 Å². The average Bonchev–Trinajstić information content (AvgIpc) is 3.26. The Balaban J connectivity index is 1.48. The second kappa shape index (κ2) is 10.4. The maximum Gasteiger partial charge on any atom is 0.257 e. The zero-order valence-electron chi connectivity index (χ0n) is 18.7. The highest BCUT2D eigenvalue weighted by Crippen LogP contribution is 2.24. The molecule has 1 aromatic carbocycles. The van der Waals surface area contributed by atoms with Crippen molar-refractivity contribution in [3.05, 3.63) is 92.1 Å². The molecule has 8 nitrogen and oxygen atoms in total. The zero-order valence-corrected chi connectivity index (χ0v) is 20.3. The molecule has 4 rings (SSSR count). The van der Waals surface area contributed by atoms with Crippen molar-refractivity contribution < 1.29 is 9.90 Å². The highest BCUT2D eigenvalue weighted by molar-refractivity contribution is 7.19. The van der Waals surface area contributed by atoms with Crippen molar-refractivity contribution in [3.8, 4) is 0 Å². The molecule has 0 spiro atoms. The number of aromatic nitrogens is 3. The van der Waals surface area contributed by atoms with Crippen LogP contribution in [-0.2, 0) is 20.1 Å². The Bertz CT molecular complexity index is 1360. The molecule has 1 atom stereocenters. The van der Waals surface area contributed by atoms with Gasteiger partial charge in [0, 0.05) is 55.2 Å². The number of amides is 1. The molecular formula is C24H24ClN5O3S. The molecule has 176 valence electrons. The van der Waals surface area contributed by atoms with E-state index in [9.17, 15) is 14.7 Å². The van der Waals surface area contributed by atoms with Crippen LogP contribution >= 0.6 is 22.9 Å². The second-order valence-electron chi connectivity index (χ2n) is 8.04. The summed E-state index contributed by atoms with van der Waals surface area (Å²) in [4.78, 5) is 36.9. The van der Waals surface area contributed by atoms with Crippen molar-refractivity contribution >= 4 is 39.1 Å². The number of pyridine rings is 1. The van der Waals surface area contributed by atoms with E-state index < -0.39 is 12.0 Å². The number of likely N-dealkylation sites (N-methyl/N-ethyl adjacent to an activating group) is 1. The summed E-state index contributed by atoms with van der Waals surface area (Å²) in [5, 5.41) is 13.8. The number of rotatable bonds is 8. The first kappa shape index (κ1) is 24.0. The van der Waals surface area contributed by atoms with Crippen molar-refractivity contribution in [2.75, 3.05) is 13.6 Å². The first-order valence-electron chi connectivity index (χ1n) is 10.6. The lowest BCUT2D eigenvalue weighted by molar-refractivity contribution is 0.0949. The highest BCUT2D eigenvalue weighted by Gasteiger charge is 2.18. The molecule has 0 saturated carbocycles. The summed E-state index contributed by atoms with van der Waals surface area (Å²) in [7, 11) is 3.69. The molecule has 10 heteroatoms. The van der Waals surface area contributed by atoms with E-state index >= 15 is 0 Å². The molecule has 0 unspecified atom stereocenters. The lowest BCUT2D eigenvalue weighted by Gasteiger charge is -2.18. The number of benzene rings is 1. The third-order valence-electron chi connectivity index (χ3n) is 5.32. The Morgan fingerprint density at radius 1 is 1.26 bits per heavy atom. The lowest BCUT2D eigenvalue weighted by atomic mass is 10.2. The molecule has 4 aromatic rings. The summed E-state index contributed by atoms with van der Waals surface area (Å²) in [6, 6.07) is 10.8. The molecule has 0 aliphatic rings. The Morgan fingerprint density at radius 3 is 2.68 bits per heavy atom. The smallest absolute Gasteiger partial charge is 0.257 e. The molecule has 34 heavy (non-hydrogen) atoms. The van der Waals surface area contributed by atoms with Gasteiger partial charge in [0.25, 0.3) is 5.91 Å². The van der Waals surface area contributed by atoms with Gasteiger partial charge in [0.1, 0.15) is 11.7 Å². The molecule has 0 saturated heterocycles. The van der Waals surface area contributed by atoms with Crippen molar-refractivity contribution in [1.82, 2.24) is 24.8 Å². The average molecular weight is 498 g/mol. The van der Waals surface area contributed by atoms with Gasteiger partial charge in [-0.25, -0.2) is 9.97 Å². The normalized spacial score (nSPS) is 12.3. The van der Waals surface area contributed by atoms with Crippen LogP contribution < -0.4 is 10.7 Å². The van der Waals surface area contributed by atoms with E-state index in [1.54, 1.807) is 41.4 Å². The van der Waals surface area contributed by atoms with E-state index in [1.165, 1.54) is 11.3 Å². The SMILES string of the molecule is CN(Cc1cc2c(s1)c(=O)c(C(=O)NCc1ccc(Cl)cc1)cn2C)C[C@H](O)c1ncccn1. The summed E-state index contributed by atoms with van der Waals surface area (Å²) < 4.78 is 2.32. The molecule has 1 amide bonds. The minimum atomic E-state index is -0.817. The minimum Gasteiger partial charge on any atom is -0.384 e. The van der Waals surface area contributed by atoms with Crippen LogP contribution in [0.25, 0.3) is 10.2 Å². The number of aliphatic hydroxyl groups is 1. The van der Waals surface area contributed by atoms with Crippen LogP contribution in [0.5, 0.6) is 0 Å². The fraction of sp³-hybridized carbons (Fsp3) is 0.250. The van der Waals surface area contributed by atoms with Crippen LogP contribution in [0, 0.1) is 0 Å². The Hall–Kier alpha value is -3.11. The number of halogens is 1. The highest BCUT2D eigenvalue weighted by atomic mass is 35.5. The van der Waals surface area contributed by atoms with E-state index in [-0.39, 0.29) is 11.0 Å². The predicted molar refractivity (Wildman–Crippen MR) is 133 cm³/mol. The molecule has 3 heterocycles. The van der Waals surface area contributed by atoms with Gasteiger partial charge < -0.3 is 15.0 Å². The van der Waals surface area contributed by atoms with Crippen molar-refractivity contribution in [3.63, 3.8) is 0 Å². The monoisotopic (exact) mass is 497 g/mol. The van der Waals surface area contributed by atoms with Gasteiger partial charge in [-0.3, -0.25) is 14.5 Å². The molecule has 0 bridgehead atoms. The fourth-order valence-corrected chi connectivity index (χ4v) is 4.96. The summed E-state index contributed by atoms with van der Waals surface area (Å²) in [6.45, 7) is 1.17. The van der Waals surface area contributed by atoms with Crippen LogP contribution in [0.3, 0.4) is 0 Å². The van der Waals surface area contributed by atoms with Crippen LogP contribution in [0.15, 0.2) is 59.8 Å². The first-order chi connectivity index (χ1) is 16.3. The van der Waals surface area contributed by atoms with E-state index in [4.69, 9.17) is 11.6 Å². The maximum atomic E-state index is 13.1. The van der Waals surface area contributed by atoms with E-state index in [0.29, 0.717) is 35.2 Å². The first-order valence-corrected chi connectivity index (χ1v) is 11.8. The van der Waals surface area contributed by atoms with E-state index in [2.05, 4.69) is 15.3 Å². The number of aliphatic hydroxyl groups excluding tert-OH is 1. The standard InChI is InChI=1S/C24H24ClN5O3S/c1-29(14-20(31)23-26-8-3-9-27-23)12-17-10-19-22(34-17)21(32)18(13-30(19)2)24(33)28-11-15-4-6-16(25)7-5-15/h3-10,13,20,31H,11-12,14H2,1-2H3,(H,28,33)/t20-/m0/s1. The summed E-state index contributed by atoms with van der Waals surface area (Å²) in [5.74, 6) is -0.0521. The number of thiophene rings is 1. The quantitative estimate of drug-likeness (QED) is 0.388. The third kappa shape index (κ3) is 5.51. The number of hydrogen-bond acceptors (Lipinski definition) is 7. The van der Waals surface area contributed by atoms with Crippen molar-refractivity contribution in [1.29, 1.82) is 0 Å². The van der Waals surface area contributed by atoms with Gasteiger partial charge in [0.2, 0.25) is 5.43 Å². The number of aryl methyl sites for hydroxylation is 1.